The van der Waals surface area contributed by atoms with Gasteiger partial charge in [-0.25, -0.2) is 4.90 Å². The van der Waals surface area contributed by atoms with Gasteiger partial charge in [-0.1, -0.05) is 65.2 Å². The lowest BCUT2D eigenvalue weighted by Gasteiger charge is -2.50. The Balaban J connectivity index is 1.12. The van der Waals surface area contributed by atoms with Gasteiger partial charge >= 0.3 is 0 Å². The first-order valence-electron chi connectivity index (χ1n) is 23.6. The van der Waals surface area contributed by atoms with Crippen molar-refractivity contribution in [3.8, 4) is 0 Å². The van der Waals surface area contributed by atoms with Crippen molar-refractivity contribution in [1.82, 2.24) is 15.0 Å². The SMILES string of the molecule is Cc1ccc2c(=C3CC(C)(C)N(O)C(C)(C)C3)c3cc(N4C(=O)c5ccc6c7ccc8c9c(ccc(c%10ccc(c5c6%10)C4=O)c97)C(=O)N(C)C8=O)ccc3c(=C3CC(C)(C)N(O)C(C)(C)C3)c2c1. The van der Waals surface area contributed by atoms with E-state index < -0.39 is 34.0 Å². The second-order valence-electron chi connectivity index (χ2n) is 22.6. The normalized spacial score (nSPS) is 20.5. The summed E-state index contributed by atoms with van der Waals surface area (Å²) in [4.78, 5) is 59.7. The van der Waals surface area contributed by atoms with E-state index in [1.165, 1.54) is 33.2 Å². The molecule has 0 unspecified atom stereocenters. The third-order valence-corrected chi connectivity index (χ3v) is 15.9. The summed E-state index contributed by atoms with van der Waals surface area (Å²) in [6.45, 7) is 18.7. The van der Waals surface area contributed by atoms with Gasteiger partial charge in [-0.15, -0.1) is 0 Å². The molecule has 4 aliphatic rings. The van der Waals surface area contributed by atoms with Gasteiger partial charge in [0.1, 0.15) is 0 Å². The van der Waals surface area contributed by atoms with Crippen molar-refractivity contribution in [3.05, 3.63) is 123 Å². The Labute approximate surface area is 393 Å². The molecular weight excluding hydrogens is 849 g/mol. The van der Waals surface area contributed by atoms with Crippen LogP contribution in [0.1, 0.15) is 128 Å². The summed E-state index contributed by atoms with van der Waals surface area (Å²) in [5, 5.41) is 38.5. The number of hydrogen-bond donors (Lipinski definition) is 2. The molecule has 10 nitrogen and oxygen atoms in total. The smallest absolute Gasteiger partial charge is 0.265 e. The average molecular weight is 903 g/mol. The maximum Gasteiger partial charge on any atom is 0.265 e. The van der Waals surface area contributed by atoms with Gasteiger partial charge in [0.15, 0.2) is 0 Å². The maximum atomic E-state index is 15.2. The van der Waals surface area contributed by atoms with Crippen LogP contribution in [0.25, 0.3) is 75.8 Å². The van der Waals surface area contributed by atoms with Crippen LogP contribution in [0.4, 0.5) is 5.69 Å². The Morgan fingerprint density at radius 3 is 1.15 bits per heavy atom. The van der Waals surface area contributed by atoms with E-state index in [2.05, 4.69) is 86.6 Å². The highest BCUT2D eigenvalue weighted by molar-refractivity contribution is 6.44. The maximum absolute atomic E-state index is 15.2. The van der Waals surface area contributed by atoms with E-state index in [4.69, 9.17) is 0 Å². The predicted octanol–water partition coefficient (Wildman–Crippen LogP) is 10.8. The molecule has 4 aliphatic heterocycles. The molecule has 0 aromatic heterocycles. The Bertz CT molecular complexity index is 3700. The van der Waals surface area contributed by atoms with Crippen LogP contribution in [0.15, 0.2) is 84.9 Å². The number of carbonyl (C=O) groups is 4. The molecule has 68 heavy (non-hydrogen) atoms. The fraction of sp³-hybridized carbons (Fsp3) is 0.310. The topological polar surface area (TPSA) is 122 Å². The predicted molar refractivity (Wildman–Crippen MR) is 270 cm³/mol. The number of piperidine rings is 2. The zero-order valence-corrected chi connectivity index (χ0v) is 40.2. The Morgan fingerprint density at radius 2 is 0.750 bits per heavy atom. The van der Waals surface area contributed by atoms with E-state index in [1.807, 2.05) is 48.5 Å². The van der Waals surface area contributed by atoms with E-state index in [-0.39, 0.29) is 11.8 Å². The summed E-state index contributed by atoms with van der Waals surface area (Å²) in [5.74, 6) is -1.54. The molecule has 0 saturated carbocycles. The van der Waals surface area contributed by atoms with Gasteiger partial charge in [0.05, 0.1) is 5.69 Å². The molecule has 2 saturated heterocycles. The highest BCUT2D eigenvalue weighted by Gasteiger charge is 2.45. The van der Waals surface area contributed by atoms with Gasteiger partial charge in [-0.2, -0.15) is 10.1 Å². The summed E-state index contributed by atoms with van der Waals surface area (Å²) >= 11 is 0. The largest absolute Gasteiger partial charge is 0.313 e. The molecule has 2 N–H and O–H groups in total. The number of anilines is 1. The number of aryl methyl sites for hydroxylation is 1. The van der Waals surface area contributed by atoms with Crippen molar-refractivity contribution in [2.45, 2.75) is 110 Å². The Morgan fingerprint density at radius 1 is 0.412 bits per heavy atom. The minimum Gasteiger partial charge on any atom is -0.313 e. The summed E-state index contributed by atoms with van der Waals surface area (Å²) in [6, 6.07) is 27.5. The van der Waals surface area contributed by atoms with Crippen LogP contribution in [0.5, 0.6) is 0 Å². The van der Waals surface area contributed by atoms with Crippen molar-refractivity contribution in [1.29, 1.82) is 0 Å². The first kappa shape index (κ1) is 42.8. The van der Waals surface area contributed by atoms with Crippen LogP contribution >= 0.6 is 0 Å². The third kappa shape index (κ3) is 5.54. The molecule has 0 spiro atoms. The lowest BCUT2D eigenvalue weighted by molar-refractivity contribution is -0.228. The molecule has 342 valence electrons. The Hall–Kier alpha value is -6.56. The van der Waals surface area contributed by atoms with E-state index in [1.54, 1.807) is 12.1 Å². The number of amides is 4. The molecule has 8 aromatic carbocycles. The first-order valence-corrected chi connectivity index (χ1v) is 23.6. The van der Waals surface area contributed by atoms with E-state index >= 15 is 9.59 Å². The lowest BCUT2D eigenvalue weighted by Crippen LogP contribution is -2.57. The van der Waals surface area contributed by atoms with Gasteiger partial charge in [0.2, 0.25) is 0 Å². The molecule has 0 radical (unpaired) electrons. The second-order valence-corrected chi connectivity index (χ2v) is 22.6. The lowest BCUT2D eigenvalue weighted by atomic mass is 9.75. The monoisotopic (exact) mass is 902 g/mol. The highest BCUT2D eigenvalue weighted by Crippen LogP contribution is 2.48. The number of hydrogen-bond acceptors (Lipinski definition) is 8. The van der Waals surface area contributed by atoms with Crippen LogP contribution in [-0.4, -0.2) is 78.3 Å². The molecule has 0 atom stereocenters. The number of fused-ring (bicyclic) bond motifs is 4. The average Bonchev–Trinajstić information content (AvgIpc) is 3.28. The molecule has 0 aliphatic carbocycles. The molecule has 10 heteroatoms. The van der Waals surface area contributed by atoms with Crippen LogP contribution < -0.4 is 15.3 Å². The fourth-order valence-corrected chi connectivity index (χ4v) is 13.4. The number of carbonyl (C=O) groups excluding carboxylic acids is 4. The van der Waals surface area contributed by atoms with Crippen LogP contribution in [0.2, 0.25) is 0 Å². The van der Waals surface area contributed by atoms with E-state index in [0.717, 1.165) is 74.8 Å². The zero-order valence-electron chi connectivity index (χ0n) is 40.2. The van der Waals surface area contributed by atoms with Gasteiger partial charge in [-0.3, -0.25) is 24.1 Å². The highest BCUT2D eigenvalue weighted by atomic mass is 16.5. The van der Waals surface area contributed by atoms with Crippen molar-refractivity contribution in [2.75, 3.05) is 11.9 Å². The minimum absolute atomic E-state index is 0.348. The Kier molecular flexibility index (Phi) is 8.54. The van der Waals surface area contributed by atoms with Gasteiger partial charge in [0.25, 0.3) is 23.6 Å². The number of rotatable bonds is 1. The van der Waals surface area contributed by atoms with Crippen LogP contribution in [0.3, 0.4) is 0 Å². The minimum atomic E-state index is -0.591. The standard InChI is InChI=1S/C58H54N4O6/c1-29-11-13-37-43(23-29)45(30-25-55(2,3)61(67)56(4,5)26-30)38-14-12-32(24-44(38)46(37)31-27-57(6,7)62(68)58(8,9)28-31)60-53(65)41-21-17-35-33-15-19-39-49-40(52(64)59(10)51(39)63)20-16-34(47(33)49)36-18-22-42(54(60)66)50(41)48(35)36/h11-24,67-68H,25-28H2,1-10H3. The number of imide groups is 2. The third-order valence-electron chi connectivity index (χ3n) is 15.9. The fourth-order valence-electron chi connectivity index (χ4n) is 13.4. The van der Waals surface area contributed by atoms with Gasteiger partial charge < -0.3 is 10.4 Å². The van der Waals surface area contributed by atoms with Crippen molar-refractivity contribution in [2.24, 2.45) is 0 Å². The molecule has 4 amide bonds. The van der Waals surface area contributed by atoms with Gasteiger partial charge in [-0.05, 0) is 189 Å². The number of hydroxylamine groups is 4. The number of benzene rings is 8. The molecule has 4 heterocycles. The van der Waals surface area contributed by atoms with Gasteiger partial charge in [0, 0.05) is 62.2 Å². The van der Waals surface area contributed by atoms with E-state index in [9.17, 15) is 20.0 Å². The molecule has 8 aromatic rings. The van der Waals surface area contributed by atoms with Crippen molar-refractivity contribution in [3.63, 3.8) is 0 Å². The summed E-state index contributed by atoms with van der Waals surface area (Å²) in [6.07, 6.45) is 2.45. The first-order chi connectivity index (χ1) is 32.0. The van der Waals surface area contributed by atoms with Crippen LogP contribution in [-0.2, 0) is 0 Å². The summed E-state index contributed by atoms with van der Waals surface area (Å²) in [7, 11) is 1.50. The number of nitrogens with zero attached hydrogens (tertiary/aromatic N) is 4. The molecule has 2 fully saturated rings. The summed E-state index contributed by atoms with van der Waals surface area (Å²) in [5.41, 5.74) is 3.48. The molecule has 12 rings (SSSR count). The van der Waals surface area contributed by atoms with Crippen molar-refractivity contribution >= 4 is 105 Å². The zero-order chi connectivity index (χ0) is 48.0. The quantitative estimate of drug-likeness (QED) is 0.0949. The molecule has 0 bridgehead atoms. The molecular formula is C58H54N4O6. The van der Waals surface area contributed by atoms with Crippen molar-refractivity contribution < 1.29 is 29.6 Å². The summed E-state index contributed by atoms with van der Waals surface area (Å²) < 4.78 is 0. The van der Waals surface area contributed by atoms with Crippen LogP contribution in [0, 0.1) is 6.92 Å². The van der Waals surface area contributed by atoms with E-state index in [0.29, 0.717) is 64.4 Å². The second kappa shape index (κ2) is 13.6.